The van der Waals surface area contributed by atoms with Gasteiger partial charge in [-0.15, -0.1) is 0 Å². The van der Waals surface area contributed by atoms with E-state index in [-0.39, 0.29) is 18.9 Å². The number of nitrogens with one attached hydrogen (secondary N) is 1. The zero-order valence-electron chi connectivity index (χ0n) is 11.7. The van der Waals surface area contributed by atoms with E-state index in [1.165, 1.54) is 4.57 Å². The van der Waals surface area contributed by atoms with E-state index >= 15 is 0 Å². The first-order valence-electron chi connectivity index (χ1n) is 7.16. The average Bonchev–Trinajstić information content (AvgIpc) is 3.01. The van der Waals surface area contributed by atoms with E-state index in [1.807, 2.05) is 4.90 Å². The van der Waals surface area contributed by atoms with E-state index in [0.29, 0.717) is 10.9 Å². The van der Waals surface area contributed by atoms with E-state index in [9.17, 15) is 14.4 Å². The molecular formula is C15H17N3O3. The maximum absolute atomic E-state index is 12.1. The molecule has 110 valence electrons. The third kappa shape index (κ3) is 2.61. The number of para-hydroxylation sites is 1. The van der Waals surface area contributed by atoms with Crippen LogP contribution in [0, 0.1) is 0 Å². The fourth-order valence-corrected chi connectivity index (χ4v) is 2.80. The van der Waals surface area contributed by atoms with Gasteiger partial charge in [0.15, 0.2) is 0 Å². The van der Waals surface area contributed by atoms with Gasteiger partial charge in [0.05, 0.1) is 10.9 Å². The summed E-state index contributed by atoms with van der Waals surface area (Å²) < 4.78 is 1.46. The summed E-state index contributed by atoms with van der Waals surface area (Å²) in [4.78, 5) is 39.9. The number of likely N-dealkylation sites (tertiary alicyclic amines) is 1. The molecule has 2 heterocycles. The third-order valence-electron chi connectivity index (χ3n) is 3.91. The van der Waals surface area contributed by atoms with Crippen LogP contribution >= 0.6 is 0 Å². The number of H-pyrrole nitrogens is 1. The molecule has 0 atom stereocenters. The van der Waals surface area contributed by atoms with Gasteiger partial charge in [-0.05, 0) is 25.0 Å². The van der Waals surface area contributed by atoms with Crippen molar-refractivity contribution in [1.29, 1.82) is 0 Å². The van der Waals surface area contributed by atoms with Crippen LogP contribution in [0.25, 0.3) is 10.9 Å². The first-order chi connectivity index (χ1) is 10.2. The number of aryl methyl sites for hydroxylation is 1. The van der Waals surface area contributed by atoms with E-state index in [0.717, 1.165) is 25.9 Å². The number of benzene rings is 1. The Morgan fingerprint density at radius 1 is 1.14 bits per heavy atom. The lowest BCUT2D eigenvalue weighted by atomic mass is 10.2. The summed E-state index contributed by atoms with van der Waals surface area (Å²) in [6, 6.07) is 6.93. The number of aromatic amines is 1. The number of rotatable bonds is 3. The van der Waals surface area contributed by atoms with Crippen molar-refractivity contribution in [2.75, 3.05) is 13.1 Å². The molecule has 6 heteroatoms. The molecule has 6 nitrogen and oxygen atoms in total. The van der Waals surface area contributed by atoms with Crippen molar-refractivity contribution in [3.8, 4) is 0 Å². The molecule has 1 fully saturated rings. The van der Waals surface area contributed by atoms with Gasteiger partial charge >= 0.3 is 5.69 Å². The molecule has 1 aliphatic rings. The molecule has 1 aliphatic heterocycles. The fourth-order valence-electron chi connectivity index (χ4n) is 2.80. The number of amides is 1. The number of hydrogen-bond acceptors (Lipinski definition) is 3. The van der Waals surface area contributed by atoms with Gasteiger partial charge < -0.3 is 4.90 Å². The second-order valence-corrected chi connectivity index (χ2v) is 5.27. The molecule has 0 aliphatic carbocycles. The first-order valence-corrected chi connectivity index (χ1v) is 7.16. The summed E-state index contributed by atoms with van der Waals surface area (Å²) in [6.45, 7) is 1.89. The van der Waals surface area contributed by atoms with Crippen LogP contribution in [0.1, 0.15) is 19.3 Å². The Hall–Kier alpha value is -2.37. The minimum absolute atomic E-state index is 0.0645. The molecule has 0 saturated carbocycles. The predicted octanol–water partition coefficient (Wildman–Crippen LogP) is 0.702. The zero-order chi connectivity index (χ0) is 14.8. The monoisotopic (exact) mass is 287 g/mol. The van der Waals surface area contributed by atoms with Crippen molar-refractivity contribution in [2.24, 2.45) is 0 Å². The van der Waals surface area contributed by atoms with E-state index in [4.69, 9.17) is 0 Å². The lowest BCUT2D eigenvalue weighted by Crippen LogP contribution is -2.33. The van der Waals surface area contributed by atoms with Crippen molar-refractivity contribution >= 4 is 16.8 Å². The van der Waals surface area contributed by atoms with E-state index in [1.54, 1.807) is 24.3 Å². The van der Waals surface area contributed by atoms with Crippen LogP contribution < -0.4 is 11.2 Å². The summed E-state index contributed by atoms with van der Waals surface area (Å²) in [5, 5.41) is 0.464. The van der Waals surface area contributed by atoms with E-state index < -0.39 is 11.2 Å². The summed E-state index contributed by atoms with van der Waals surface area (Å²) in [7, 11) is 0. The Kier molecular flexibility index (Phi) is 3.60. The third-order valence-corrected chi connectivity index (χ3v) is 3.91. The minimum Gasteiger partial charge on any atom is -0.343 e. The van der Waals surface area contributed by atoms with Gasteiger partial charge in [0.25, 0.3) is 5.56 Å². The van der Waals surface area contributed by atoms with Gasteiger partial charge in [0, 0.05) is 26.1 Å². The van der Waals surface area contributed by atoms with Crippen LogP contribution in [0.4, 0.5) is 0 Å². The molecule has 1 aromatic carbocycles. The molecule has 2 aromatic rings. The van der Waals surface area contributed by atoms with Crippen molar-refractivity contribution in [3.05, 3.63) is 45.1 Å². The highest BCUT2D eigenvalue weighted by molar-refractivity contribution is 5.79. The fraction of sp³-hybridized carbons (Fsp3) is 0.400. The van der Waals surface area contributed by atoms with Crippen LogP contribution in [-0.4, -0.2) is 33.4 Å². The van der Waals surface area contributed by atoms with Gasteiger partial charge in [0.2, 0.25) is 5.91 Å². The van der Waals surface area contributed by atoms with Crippen LogP contribution in [0.3, 0.4) is 0 Å². The maximum atomic E-state index is 12.1. The zero-order valence-corrected chi connectivity index (χ0v) is 11.7. The van der Waals surface area contributed by atoms with E-state index in [2.05, 4.69) is 4.98 Å². The quantitative estimate of drug-likeness (QED) is 0.903. The number of hydrogen-bond donors (Lipinski definition) is 1. The Morgan fingerprint density at radius 2 is 1.86 bits per heavy atom. The lowest BCUT2D eigenvalue weighted by molar-refractivity contribution is -0.130. The number of carbonyl (C=O) groups is 1. The maximum Gasteiger partial charge on any atom is 0.328 e. The van der Waals surface area contributed by atoms with Crippen molar-refractivity contribution in [2.45, 2.75) is 25.8 Å². The topological polar surface area (TPSA) is 75.2 Å². The molecule has 1 saturated heterocycles. The Labute approximate surface area is 121 Å². The molecule has 0 unspecified atom stereocenters. The number of aromatic nitrogens is 2. The summed E-state index contributed by atoms with van der Waals surface area (Å²) in [5.74, 6) is 0.0645. The summed E-state index contributed by atoms with van der Waals surface area (Å²) >= 11 is 0. The van der Waals surface area contributed by atoms with Crippen LogP contribution in [0.2, 0.25) is 0 Å². The SMILES string of the molecule is O=C(CCn1c(=O)[nH]c(=O)c2ccccc21)N1CCCC1. The molecule has 0 radical (unpaired) electrons. The number of fused-ring (bicyclic) bond motifs is 1. The van der Waals surface area contributed by atoms with Gasteiger partial charge in [-0.1, -0.05) is 12.1 Å². The Balaban J connectivity index is 1.88. The molecule has 0 spiro atoms. The van der Waals surface area contributed by atoms with Gasteiger partial charge in [-0.3, -0.25) is 19.1 Å². The Morgan fingerprint density at radius 3 is 2.62 bits per heavy atom. The molecular weight excluding hydrogens is 270 g/mol. The molecule has 1 N–H and O–H groups in total. The smallest absolute Gasteiger partial charge is 0.328 e. The second-order valence-electron chi connectivity index (χ2n) is 5.27. The first kappa shape index (κ1) is 13.6. The average molecular weight is 287 g/mol. The van der Waals surface area contributed by atoms with Crippen molar-refractivity contribution in [1.82, 2.24) is 14.5 Å². The minimum atomic E-state index is -0.465. The normalized spacial score (nSPS) is 14.8. The van der Waals surface area contributed by atoms with Gasteiger partial charge in [-0.2, -0.15) is 0 Å². The van der Waals surface area contributed by atoms with Gasteiger partial charge in [-0.25, -0.2) is 4.79 Å². The molecule has 1 aromatic heterocycles. The number of nitrogens with zero attached hydrogens (tertiary/aromatic N) is 2. The highest BCUT2D eigenvalue weighted by Gasteiger charge is 2.18. The highest BCUT2D eigenvalue weighted by atomic mass is 16.2. The van der Waals surface area contributed by atoms with Crippen LogP contribution in [0.15, 0.2) is 33.9 Å². The predicted molar refractivity (Wildman–Crippen MR) is 79.3 cm³/mol. The molecule has 3 rings (SSSR count). The van der Waals surface area contributed by atoms with Crippen LogP contribution in [0.5, 0.6) is 0 Å². The summed E-state index contributed by atoms with van der Waals surface area (Å²) in [5.41, 5.74) is -0.286. The molecule has 0 bridgehead atoms. The highest BCUT2D eigenvalue weighted by Crippen LogP contribution is 2.11. The lowest BCUT2D eigenvalue weighted by Gasteiger charge is -2.16. The molecule has 1 amide bonds. The van der Waals surface area contributed by atoms with Crippen molar-refractivity contribution in [3.63, 3.8) is 0 Å². The Bertz CT molecular complexity index is 785. The van der Waals surface area contributed by atoms with Crippen LogP contribution in [-0.2, 0) is 11.3 Å². The van der Waals surface area contributed by atoms with Crippen molar-refractivity contribution < 1.29 is 4.79 Å². The second kappa shape index (κ2) is 5.55. The standard InChI is InChI=1S/C15H17N3O3/c19-13(17-8-3-4-9-17)7-10-18-12-6-2-1-5-11(12)14(20)16-15(18)21/h1-2,5-6H,3-4,7-10H2,(H,16,20,21). The largest absolute Gasteiger partial charge is 0.343 e. The van der Waals surface area contributed by atoms with Gasteiger partial charge in [0.1, 0.15) is 0 Å². The summed E-state index contributed by atoms with van der Waals surface area (Å²) in [6.07, 6.45) is 2.37. The molecule has 21 heavy (non-hydrogen) atoms. The number of carbonyl (C=O) groups excluding carboxylic acids is 1.